The highest BCUT2D eigenvalue weighted by Gasteiger charge is 2.10. The Morgan fingerprint density at radius 2 is 2.08 bits per heavy atom. The molecule has 0 bridgehead atoms. The van der Waals surface area contributed by atoms with Crippen LogP contribution in [0.3, 0.4) is 0 Å². The highest BCUT2D eigenvalue weighted by Crippen LogP contribution is 2.21. The summed E-state index contributed by atoms with van der Waals surface area (Å²) in [5, 5.41) is 8.63. The quantitative estimate of drug-likeness (QED) is 0.718. The molecular weight excluding hydrogens is 155 g/mol. The zero-order valence-corrected chi connectivity index (χ0v) is 7.34. The molecule has 0 heterocycles. The maximum Gasteiger partial charge on any atom is 0.148 e. The summed E-state index contributed by atoms with van der Waals surface area (Å²) in [6.45, 7) is 3.31. The largest absolute Gasteiger partial charge is 0.393 e. The molecule has 0 aliphatic carbocycles. The third-order valence-corrected chi connectivity index (χ3v) is 1.93. The third-order valence-electron chi connectivity index (χ3n) is 1.93. The second-order valence-electron chi connectivity index (χ2n) is 3.01. The van der Waals surface area contributed by atoms with E-state index in [0.29, 0.717) is 5.56 Å². The van der Waals surface area contributed by atoms with Crippen molar-refractivity contribution in [3.05, 3.63) is 34.9 Å². The van der Waals surface area contributed by atoms with Crippen molar-refractivity contribution in [2.45, 2.75) is 20.0 Å². The van der Waals surface area contributed by atoms with Gasteiger partial charge in [0.1, 0.15) is 6.17 Å². The zero-order chi connectivity index (χ0) is 9.14. The molecule has 0 aliphatic rings. The molecule has 0 spiro atoms. The lowest BCUT2D eigenvalue weighted by Crippen LogP contribution is -2.00. The van der Waals surface area contributed by atoms with Crippen LogP contribution in [0.25, 0.3) is 0 Å². The normalized spacial score (nSPS) is 13.0. The summed E-state index contributed by atoms with van der Waals surface area (Å²) in [5.74, 6) is 0. The number of hydrogen-bond donors (Lipinski definition) is 1. The molecule has 1 aromatic rings. The molecule has 0 saturated heterocycles. The lowest BCUT2D eigenvalue weighted by atomic mass is 10.0. The number of halogens is 1. The number of hydrogen-bond acceptors (Lipinski definition) is 1. The fraction of sp³-hybridized carbons (Fsp3) is 0.400. The van der Waals surface area contributed by atoms with Gasteiger partial charge in [0.25, 0.3) is 0 Å². The van der Waals surface area contributed by atoms with E-state index < -0.39 is 12.8 Å². The van der Waals surface area contributed by atoms with Crippen molar-refractivity contribution in [3.8, 4) is 0 Å². The minimum absolute atomic E-state index is 0.440. The lowest BCUT2D eigenvalue weighted by molar-refractivity contribution is 0.179. The van der Waals surface area contributed by atoms with Gasteiger partial charge in [0.05, 0.1) is 6.61 Å². The Hall–Kier alpha value is -0.890. The maximum absolute atomic E-state index is 13.1. The van der Waals surface area contributed by atoms with Gasteiger partial charge in [0.2, 0.25) is 0 Å². The van der Waals surface area contributed by atoms with E-state index in [0.717, 1.165) is 11.1 Å². The van der Waals surface area contributed by atoms with Gasteiger partial charge in [0.15, 0.2) is 0 Å². The maximum atomic E-state index is 13.1. The average Bonchev–Trinajstić information content (AvgIpc) is 2.08. The standard InChI is InChI=1S/C10H13FO/c1-7-3-4-8(2)9(5-7)10(11)6-12/h3-5,10,12H,6H2,1-2H3. The van der Waals surface area contributed by atoms with E-state index in [1.165, 1.54) is 0 Å². The van der Waals surface area contributed by atoms with E-state index in [1.807, 2.05) is 26.0 Å². The summed E-state index contributed by atoms with van der Waals surface area (Å²) >= 11 is 0. The molecule has 66 valence electrons. The van der Waals surface area contributed by atoms with Crippen LogP contribution in [0.15, 0.2) is 18.2 Å². The number of alkyl halides is 1. The van der Waals surface area contributed by atoms with Crippen molar-refractivity contribution < 1.29 is 9.50 Å². The second kappa shape index (κ2) is 3.68. The predicted molar refractivity (Wildman–Crippen MR) is 46.9 cm³/mol. The summed E-state index contributed by atoms with van der Waals surface area (Å²) in [6.07, 6.45) is -1.25. The molecule has 0 fully saturated rings. The zero-order valence-electron chi connectivity index (χ0n) is 7.34. The van der Waals surface area contributed by atoms with E-state index in [4.69, 9.17) is 5.11 Å². The van der Waals surface area contributed by atoms with Crippen molar-refractivity contribution in [1.29, 1.82) is 0 Å². The van der Waals surface area contributed by atoms with Crippen LogP contribution in [0.1, 0.15) is 22.9 Å². The second-order valence-corrected chi connectivity index (χ2v) is 3.01. The molecule has 1 N–H and O–H groups in total. The monoisotopic (exact) mass is 168 g/mol. The molecule has 12 heavy (non-hydrogen) atoms. The Morgan fingerprint density at radius 3 is 2.67 bits per heavy atom. The highest BCUT2D eigenvalue weighted by atomic mass is 19.1. The van der Waals surface area contributed by atoms with Crippen LogP contribution in [0.5, 0.6) is 0 Å². The van der Waals surface area contributed by atoms with E-state index in [-0.39, 0.29) is 0 Å². The fourth-order valence-corrected chi connectivity index (χ4v) is 1.20. The molecular formula is C10H13FO. The molecule has 1 atom stereocenters. The molecule has 0 saturated carbocycles. The van der Waals surface area contributed by atoms with Crippen molar-refractivity contribution in [2.75, 3.05) is 6.61 Å². The Labute approximate surface area is 71.9 Å². The van der Waals surface area contributed by atoms with E-state index in [9.17, 15) is 4.39 Å². The van der Waals surface area contributed by atoms with Gasteiger partial charge in [-0.3, -0.25) is 0 Å². The minimum atomic E-state index is -1.25. The fourth-order valence-electron chi connectivity index (χ4n) is 1.20. The first-order valence-corrected chi connectivity index (χ1v) is 3.97. The number of aliphatic hydroxyl groups is 1. The molecule has 1 aromatic carbocycles. The van der Waals surface area contributed by atoms with Gasteiger partial charge in [-0.2, -0.15) is 0 Å². The van der Waals surface area contributed by atoms with Gasteiger partial charge in [-0.1, -0.05) is 23.8 Å². The molecule has 0 aliphatic heterocycles. The topological polar surface area (TPSA) is 20.2 Å². The summed E-state index contributed by atoms with van der Waals surface area (Å²) in [4.78, 5) is 0. The van der Waals surface area contributed by atoms with Gasteiger partial charge < -0.3 is 5.11 Å². The van der Waals surface area contributed by atoms with Crippen LogP contribution < -0.4 is 0 Å². The van der Waals surface area contributed by atoms with E-state index in [1.54, 1.807) is 6.07 Å². The van der Waals surface area contributed by atoms with Gasteiger partial charge in [-0.15, -0.1) is 0 Å². The van der Waals surface area contributed by atoms with Crippen molar-refractivity contribution in [1.82, 2.24) is 0 Å². The smallest absolute Gasteiger partial charge is 0.148 e. The SMILES string of the molecule is Cc1ccc(C)c(C(F)CO)c1. The van der Waals surface area contributed by atoms with Crippen LogP contribution in [-0.4, -0.2) is 11.7 Å². The van der Waals surface area contributed by atoms with Crippen LogP contribution in [-0.2, 0) is 0 Å². The van der Waals surface area contributed by atoms with Crippen LogP contribution in [0.2, 0.25) is 0 Å². The number of rotatable bonds is 2. The molecule has 0 amide bonds. The van der Waals surface area contributed by atoms with Crippen molar-refractivity contribution in [3.63, 3.8) is 0 Å². The third kappa shape index (κ3) is 1.83. The number of benzene rings is 1. The van der Waals surface area contributed by atoms with E-state index in [2.05, 4.69) is 0 Å². The van der Waals surface area contributed by atoms with Gasteiger partial charge in [-0.25, -0.2) is 4.39 Å². The number of aryl methyl sites for hydroxylation is 2. The Morgan fingerprint density at radius 1 is 1.42 bits per heavy atom. The van der Waals surface area contributed by atoms with Crippen LogP contribution in [0.4, 0.5) is 4.39 Å². The predicted octanol–water partition coefficient (Wildman–Crippen LogP) is 2.31. The van der Waals surface area contributed by atoms with Gasteiger partial charge in [0, 0.05) is 0 Å². The first-order chi connectivity index (χ1) is 5.65. The molecule has 2 heteroatoms. The Bertz CT molecular complexity index is 271. The van der Waals surface area contributed by atoms with Crippen molar-refractivity contribution >= 4 is 0 Å². The molecule has 1 rings (SSSR count). The van der Waals surface area contributed by atoms with Gasteiger partial charge in [-0.05, 0) is 25.0 Å². The molecule has 1 unspecified atom stereocenters. The molecule has 1 nitrogen and oxygen atoms in total. The Balaban J connectivity index is 3.04. The summed E-state index contributed by atoms with van der Waals surface area (Å²) in [5.41, 5.74) is 2.51. The minimum Gasteiger partial charge on any atom is -0.393 e. The van der Waals surface area contributed by atoms with Crippen LogP contribution >= 0.6 is 0 Å². The lowest BCUT2D eigenvalue weighted by Gasteiger charge is -2.09. The molecule has 0 aromatic heterocycles. The van der Waals surface area contributed by atoms with Gasteiger partial charge >= 0.3 is 0 Å². The van der Waals surface area contributed by atoms with Crippen molar-refractivity contribution in [2.24, 2.45) is 0 Å². The Kier molecular flexibility index (Phi) is 2.82. The summed E-state index contributed by atoms with van der Waals surface area (Å²) in [7, 11) is 0. The van der Waals surface area contributed by atoms with E-state index >= 15 is 0 Å². The first kappa shape index (κ1) is 9.20. The first-order valence-electron chi connectivity index (χ1n) is 3.97. The summed E-state index contributed by atoms with van der Waals surface area (Å²) in [6, 6.07) is 5.58. The van der Waals surface area contributed by atoms with Crippen LogP contribution in [0, 0.1) is 13.8 Å². The average molecular weight is 168 g/mol. The molecule has 0 radical (unpaired) electrons. The highest BCUT2D eigenvalue weighted by molar-refractivity contribution is 5.32. The summed E-state index contributed by atoms with van der Waals surface area (Å²) < 4.78 is 13.1. The number of aliphatic hydroxyl groups excluding tert-OH is 1.